The van der Waals surface area contributed by atoms with Crippen molar-refractivity contribution in [1.29, 1.82) is 0 Å². The summed E-state index contributed by atoms with van der Waals surface area (Å²) in [6, 6.07) is 0. The third-order valence-corrected chi connectivity index (χ3v) is 6.66. The first-order valence-corrected chi connectivity index (χ1v) is 10.1. The molecule has 1 saturated heterocycles. The highest BCUT2D eigenvalue weighted by molar-refractivity contribution is 6.59. The normalized spacial score (nSPS) is 23.1. The van der Waals surface area contributed by atoms with Crippen LogP contribution in [0.4, 0.5) is 0 Å². The molecule has 1 fully saturated rings. The number of carbonyl (C=O) groups is 2. The molecule has 20 heavy (non-hydrogen) atoms. The Labute approximate surface area is 122 Å². The fraction of sp³-hybridized carbons (Fsp3) is 0.714. The van der Waals surface area contributed by atoms with Crippen LogP contribution in [0.25, 0.3) is 0 Å². The molecule has 6 heteroatoms. The van der Waals surface area contributed by atoms with Gasteiger partial charge in [0.25, 0.3) is 0 Å². The van der Waals surface area contributed by atoms with E-state index in [2.05, 4.69) is 13.1 Å². The molecule has 0 aromatic carbocycles. The zero-order valence-electron chi connectivity index (χ0n) is 12.4. The Hall–Kier alpha value is -1.14. The highest BCUT2D eigenvalue weighted by atomic mass is 28.3. The van der Waals surface area contributed by atoms with Crippen molar-refractivity contribution < 1.29 is 19.1 Å². The van der Waals surface area contributed by atoms with Crippen molar-refractivity contribution in [3.63, 3.8) is 0 Å². The van der Waals surface area contributed by atoms with Gasteiger partial charge in [-0.25, -0.2) is 4.79 Å². The Morgan fingerprint density at radius 1 is 1.35 bits per heavy atom. The smallest absolute Gasteiger partial charge is 0.330 e. The van der Waals surface area contributed by atoms with Crippen molar-refractivity contribution in [3.05, 3.63) is 12.2 Å². The van der Waals surface area contributed by atoms with Crippen LogP contribution in [0.3, 0.4) is 0 Å². The molecular weight excluding hydrogens is 274 g/mol. The molecule has 5 nitrogen and oxygen atoms in total. The maximum absolute atomic E-state index is 11.3. The molecule has 1 rings (SSSR count). The number of hydrogen-bond acceptors (Lipinski definition) is 4. The van der Waals surface area contributed by atoms with Gasteiger partial charge in [-0.1, -0.05) is 13.1 Å². The van der Waals surface area contributed by atoms with Gasteiger partial charge in [0.1, 0.15) is 0 Å². The van der Waals surface area contributed by atoms with Gasteiger partial charge in [-0.15, -0.1) is 0 Å². The quantitative estimate of drug-likeness (QED) is 0.333. The number of primary amides is 1. The second kappa shape index (κ2) is 8.21. The van der Waals surface area contributed by atoms with Crippen molar-refractivity contribution >= 4 is 20.7 Å². The third kappa shape index (κ3) is 5.46. The Morgan fingerprint density at radius 2 is 2.10 bits per heavy atom. The first-order valence-electron chi connectivity index (χ1n) is 7.24. The van der Waals surface area contributed by atoms with Crippen LogP contribution < -0.4 is 5.73 Å². The van der Waals surface area contributed by atoms with Crippen LogP contribution in [0.2, 0.25) is 13.1 Å². The first-order chi connectivity index (χ1) is 9.46. The van der Waals surface area contributed by atoms with Crippen molar-refractivity contribution in [2.24, 2.45) is 5.73 Å². The summed E-state index contributed by atoms with van der Waals surface area (Å²) in [5.74, 6) is -1.17. The zero-order chi connectivity index (χ0) is 15.0. The molecule has 1 aliphatic rings. The summed E-state index contributed by atoms with van der Waals surface area (Å²) >= 11 is 0. The van der Waals surface area contributed by atoms with E-state index in [0.29, 0.717) is 6.61 Å². The average Bonchev–Trinajstić information content (AvgIpc) is 2.42. The third-order valence-electron chi connectivity index (χ3n) is 3.81. The summed E-state index contributed by atoms with van der Waals surface area (Å²) in [5.41, 5.74) is 4.90. The van der Waals surface area contributed by atoms with Crippen molar-refractivity contribution in [2.45, 2.75) is 50.4 Å². The lowest BCUT2D eigenvalue weighted by molar-refractivity contribution is -0.138. The maximum atomic E-state index is 11.3. The molecule has 1 atom stereocenters. The van der Waals surface area contributed by atoms with Crippen molar-refractivity contribution in [3.8, 4) is 0 Å². The molecule has 114 valence electrons. The van der Waals surface area contributed by atoms with E-state index < -0.39 is 20.7 Å². The van der Waals surface area contributed by atoms with Crippen LogP contribution in [-0.4, -0.2) is 39.1 Å². The van der Waals surface area contributed by atoms with Crippen molar-refractivity contribution in [1.82, 2.24) is 0 Å². The van der Waals surface area contributed by atoms with Gasteiger partial charge >= 0.3 is 5.97 Å². The van der Waals surface area contributed by atoms with Gasteiger partial charge in [-0.3, -0.25) is 4.79 Å². The standard InChI is InChI=1S/C14H25NO4Si/c1-20(2)14(8-3-4-11-19-14)9-5-10-18-13(17)7-6-12(15)16/h6-7,20H,3-5,8-11H2,1-2H3,(H2,15,16)/b7-6-. The van der Waals surface area contributed by atoms with Crippen molar-refractivity contribution in [2.75, 3.05) is 13.2 Å². The summed E-state index contributed by atoms with van der Waals surface area (Å²) in [6.07, 6.45) is 7.32. The Kier molecular flexibility index (Phi) is 6.94. The predicted molar refractivity (Wildman–Crippen MR) is 79.9 cm³/mol. The molecule has 0 spiro atoms. The molecule has 0 saturated carbocycles. The minimum atomic E-state index is -0.920. The van der Waals surface area contributed by atoms with E-state index in [0.717, 1.165) is 44.4 Å². The molecule has 0 aliphatic carbocycles. The van der Waals surface area contributed by atoms with Crippen LogP contribution in [0, 0.1) is 0 Å². The molecular formula is C14H25NO4Si. The fourth-order valence-electron chi connectivity index (χ4n) is 2.56. The Bertz CT molecular complexity index is 362. The average molecular weight is 299 g/mol. The summed E-state index contributed by atoms with van der Waals surface area (Å²) in [5, 5.41) is 0.0632. The van der Waals surface area contributed by atoms with Gasteiger partial charge in [-0.2, -0.15) is 0 Å². The number of ether oxygens (including phenoxy) is 2. The van der Waals surface area contributed by atoms with Gasteiger partial charge in [0.05, 0.1) is 20.6 Å². The monoisotopic (exact) mass is 299 g/mol. The number of esters is 1. The SMILES string of the molecule is C[SiH](C)C1(CCCOC(=O)/C=C\C(N)=O)CCCCO1. The minimum Gasteiger partial charge on any atom is -0.463 e. The van der Waals surface area contributed by atoms with E-state index in [9.17, 15) is 9.59 Å². The topological polar surface area (TPSA) is 78.6 Å². The van der Waals surface area contributed by atoms with Crippen LogP contribution in [0.15, 0.2) is 12.2 Å². The zero-order valence-corrected chi connectivity index (χ0v) is 13.5. The largest absolute Gasteiger partial charge is 0.463 e. The highest BCUT2D eigenvalue weighted by Gasteiger charge is 2.36. The minimum absolute atomic E-state index is 0.0632. The molecule has 0 aromatic heterocycles. The number of nitrogens with two attached hydrogens (primary N) is 1. The second-order valence-electron chi connectivity index (χ2n) is 5.53. The second-order valence-corrected chi connectivity index (χ2v) is 8.89. The molecule has 2 N–H and O–H groups in total. The summed E-state index contributed by atoms with van der Waals surface area (Å²) in [6.45, 7) is 5.83. The Morgan fingerprint density at radius 3 is 2.65 bits per heavy atom. The molecule has 1 aliphatic heterocycles. The van der Waals surface area contributed by atoms with E-state index >= 15 is 0 Å². The van der Waals surface area contributed by atoms with Gasteiger partial charge in [-0.05, 0) is 32.1 Å². The van der Waals surface area contributed by atoms with Gasteiger partial charge in [0.2, 0.25) is 5.91 Å². The first kappa shape index (κ1) is 16.9. The molecule has 0 radical (unpaired) electrons. The van der Waals surface area contributed by atoms with E-state index in [-0.39, 0.29) is 5.22 Å². The fourth-order valence-corrected chi connectivity index (χ4v) is 4.57. The molecule has 0 aromatic rings. The van der Waals surface area contributed by atoms with E-state index in [1.807, 2.05) is 0 Å². The van der Waals surface area contributed by atoms with Gasteiger partial charge in [0.15, 0.2) is 0 Å². The van der Waals surface area contributed by atoms with Gasteiger partial charge in [0, 0.05) is 18.8 Å². The Balaban J connectivity index is 2.31. The number of rotatable bonds is 7. The summed E-state index contributed by atoms with van der Waals surface area (Å²) in [7, 11) is -0.920. The van der Waals surface area contributed by atoms with E-state index in [4.69, 9.17) is 15.2 Å². The summed E-state index contributed by atoms with van der Waals surface area (Å²) in [4.78, 5) is 21.7. The van der Waals surface area contributed by atoms with Gasteiger partial charge < -0.3 is 15.2 Å². The lowest BCUT2D eigenvalue weighted by Crippen LogP contribution is -2.47. The van der Waals surface area contributed by atoms with Crippen LogP contribution in [0.1, 0.15) is 32.1 Å². The molecule has 0 bridgehead atoms. The highest BCUT2D eigenvalue weighted by Crippen LogP contribution is 2.32. The predicted octanol–water partition coefficient (Wildman–Crippen LogP) is 1.32. The maximum Gasteiger partial charge on any atom is 0.330 e. The molecule has 1 heterocycles. The molecule has 1 amide bonds. The summed E-state index contributed by atoms with van der Waals surface area (Å²) < 4.78 is 11.1. The van der Waals surface area contributed by atoms with E-state index in [1.54, 1.807) is 0 Å². The number of hydrogen-bond donors (Lipinski definition) is 1. The lowest BCUT2D eigenvalue weighted by Gasteiger charge is -2.40. The van der Waals surface area contributed by atoms with E-state index in [1.165, 1.54) is 6.42 Å². The number of amides is 1. The van der Waals surface area contributed by atoms with Crippen LogP contribution >= 0.6 is 0 Å². The van der Waals surface area contributed by atoms with Crippen LogP contribution in [0.5, 0.6) is 0 Å². The molecule has 1 unspecified atom stereocenters. The number of carbonyl (C=O) groups excluding carboxylic acids is 2. The van der Waals surface area contributed by atoms with Crippen LogP contribution in [-0.2, 0) is 19.1 Å². The lowest BCUT2D eigenvalue weighted by atomic mass is 10.0.